The first-order valence-electron chi connectivity index (χ1n) is 5.14. The van der Waals surface area contributed by atoms with E-state index in [-0.39, 0.29) is 17.2 Å². The van der Waals surface area contributed by atoms with Crippen molar-refractivity contribution in [3.05, 3.63) is 38.3 Å². The van der Waals surface area contributed by atoms with E-state index >= 15 is 0 Å². The van der Waals surface area contributed by atoms with Gasteiger partial charge in [0.15, 0.2) is 0 Å². The molecule has 1 rings (SSSR count). The third-order valence-corrected chi connectivity index (χ3v) is 2.77. The number of benzene rings is 1. The van der Waals surface area contributed by atoms with E-state index < -0.39 is 4.92 Å². The van der Waals surface area contributed by atoms with Gasteiger partial charge in [-0.25, -0.2) is 0 Å². The number of nitro groups is 1. The van der Waals surface area contributed by atoms with E-state index in [1.807, 2.05) is 13.8 Å². The lowest BCUT2D eigenvalue weighted by Crippen LogP contribution is -2.27. The molecule has 0 fully saturated rings. The van der Waals surface area contributed by atoms with Gasteiger partial charge in [-0.05, 0) is 27.9 Å². The number of hydrogen-bond donors (Lipinski definition) is 1. The van der Waals surface area contributed by atoms with E-state index in [0.717, 1.165) is 0 Å². The van der Waals surface area contributed by atoms with Gasteiger partial charge in [0.05, 0.1) is 10.5 Å². The molecule has 0 bridgehead atoms. The highest BCUT2D eigenvalue weighted by Gasteiger charge is 2.15. The van der Waals surface area contributed by atoms with Gasteiger partial charge in [0.1, 0.15) is 0 Å². The molecule has 0 atom stereocenters. The molecule has 0 radical (unpaired) electrons. The summed E-state index contributed by atoms with van der Waals surface area (Å²) in [5.74, 6) is 0.0192. The zero-order valence-electron chi connectivity index (χ0n) is 9.57. The van der Waals surface area contributed by atoms with E-state index in [1.165, 1.54) is 18.2 Å². The number of nitro benzene ring substituents is 1. The van der Waals surface area contributed by atoms with Crippen molar-refractivity contribution in [2.24, 2.45) is 5.92 Å². The van der Waals surface area contributed by atoms with Gasteiger partial charge < -0.3 is 5.32 Å². The van der Waals surface area contributed by atoms with Gasteiger partial charge in [0.2, 0.25) is 0 Å². The second kappa shape index (κ2) is 5.77. The molecular formula is C11H13BrN2O3. The summed E-state index contributed by atoms with van der Waals surface area (Å²) in [7, 11) is 0. The molecule has 0 spiro atoms. The van der Waals surface area contributed by atoms with Crippen LogP contribution in [0.1, 0.15) is 24.2 Å². The van der Waals surface area contributed by atoms with Gasteiger partial charge in [-0.2, -0.15) is 0 Å². The van der Waals surface area contributed by atoms with E-state index in [2.05, 4.69) is 21.2 Å². The Bertz CT molecular complexity index is 446. The lowest BCUT2D eigenvalue weighted by atomic mass is 10.1. The van der Waals surface area contributed by atoms with Crippen molar-refractivity contribution in [1.82, 2.24) is 5.32 Å². The summed E-state index contributed by atoms with van der Waals surface area (Å²) >= 11 is 3.20. The monoisotopic (exact) mass is 300 g/mol. The Morgan fingerprint density at radius 2 is 2.18 bits per heavy atom. The number of rotatable bonds is 4. The molecule has 0 aliphatic carbocycles. The quantitative estimate of drug-likeness (QED) is 0.686. The fraction of sp³-hybridized carbons (Fsp3) is 0.364. The maximum atomic E-state index is 11.8. The lowest BCUT2D eigenvalue weighted by Gasteiger charge is -2.08. The zero-order valence-corrected chi connectivity index (χ0v) is 11.2. The van der Waals surface area contributed by atoms with Crippen LogP contribution in [0.3, 0.4) is 0 Å². The Morgan fingerprint density at radius 3 is 2.71 bits per heavy atom. The van der Waals surface area contributed by atoms with Crippen LogP contribution in [0.25, 0.3) is 0 Å². The molecule has 5 nitrogen and oxygen atoms in total. The molecule has 1 N–H and O–H groups in total. The minimum absolute atomic E-state index is 0.0945. The van der Waals surface area contributed by atoms with Crippen LogP contribution in [0.5, 0.6) is 0 Å². The summed E-state index contributed by atoms with van der Waals surface area (Å²) in [6, 6.07) is 4.12. The number of non-ortho nitro benzene ring substituents is 1. The summed E-state index contributed by atoms with van der Waals surface area (Å²) in [6.07, 6.45) is 0. The first kappa shape index (κ1) is 13.6. The molecule has 0 saturated carbocycles. The fourth-order valence-electron chi connectivity index (χ4n) is 1.19. The molecule has 6 heteroatoms. The Morgan fingerprint density at radius 1 is 1.53 bits per heavy atom. The fourth-order valence-corrected chi connectivity index (χ4v) is 1.62. The highest BCUT2D eigenvalue weighted by atomic mass is 79.9. The van der Waals surface area contributed by atoms with Crippen molar-refractivity contribution < 1.29 is 9.72 Å². The molecule has 0 heterocycles. The molecule has 0 unspecified atom stereocenters. The van der Waals surface area contributed by atoms with Gasteiger partial charge in [0.25, 0.3) is 11.6 Å². The zero-order chi connectivity index (χ0) is 13.0. The van der Waals surface area contributed by atoms with Crippen molar-refractivity contribution in [3.63, 3.8) is 0 Å². The van der Waals surface area contributed by atoms with Crippen LogP contribution in [0, 0.1) is 16.0 Å². The molecule has 17 heavy (non-hydrogen) atoms. The lowest BCUT2D eigenvalue weighted by molar-refractivity contribution is -0.384. The van der Waals surface area contributed by atoms with Crippen LogP contribution in [-0.2, 0) is 0 Å². The molecule has 0 aromatic heterocycles. The van der Waals surface area contributed by atoms with Crippen molar-refractivity contribution in [1.29, 1.82) is 0 Å². The number of amides is 1. The Hall–Kier alpha value is -1.43. The summed E-state index contributed by atoms with van der Waals surface area (Å²) < 4.78 is 0.546. The molecule has 0 aliphatic heterocycles. The van der Waals surface area contributed by atoms with Gasteiger partial charge >= 0.3 is 0 Å². The maximum absolute atomic E-state index is 11.8. The van der Waals surface area contributed by atoms with Gasteiger partial charge in [-0.3, -0.25) is 14.9 Å². The third-order valence-electron chi connectivity index (χ3n) is 2.08. The summed E-state index contributed by atoms with van der Waals surface area (Å²) in [4.78, 5) is 21.9. The van der Waals surface area contributed by atoms with Crippen molar-refractivity contribution in [2.45, 2.75) is 13.8 Å². The van der Waals surface area contributed by atoms with E-state index in [4.69, 9.17) is 0 Å². The Labute approximate surface area is 107 Å². The normalized spacial score (nSPS) is 10.4. The number of hydrogen-bond acceptors (Lipinski definition) is 3. The number of nitrogens with one attached hydrogen (secondary N) is 1. The number of carbonyl (C=O) groups is 1. The smallest absolute Gasteiger partial charge is 0.270 e. The van der Waals surface area contributed by atoms with Crippen LogP contribution in [0.4, 0.5) is 5.69 Å². The van der Waals surface area contributed by atoms with Crippen molar-refractivity contribution in [3.8, 4) is 0 Å². The van der Waals surface area contributed by atoms with E-state index in [0.29, 0.717) is 16.9 Å². The number of nitrogens with zero attached hydrogens (tertiary/aromatic N) is 1. The first-order valence-corrected chi connectivity index (χ1v) is 5.93. The topological polar surface area (TPSA) is 72.2 Å². The van der Waals surface area contributed by atoms with Gasteiger partial charge in [-0.1, -0.05) is 13.8 Å². The first-order chi connectivity index (χ1) is 7.91. The van der Waals surface area contributed by atoms with Crippen LogP contribution in [-0.4, -0.2) is 17.4 Å². The SMILES string of the molecule is CC(C)CNC(=O)c1cc([N+](=O)[O-])ccc1Br. The molecule has 1 aromatic rings. The molecule has 1 aromatic carbocycles. The Kier molecular flexibility index (Phi) is 4.62. The van der Waals surface area contributed by atoms with Crippen LogP contribution in [0.15, 0.2) is 22.7 Å². The molecule has 0 saturated heterocycles. The summed E-state index contributed by atoms with van der Waals surface area (Å²) in [5.41, 5.74) is 0.183. The summed E-state index contributed by atoms with van der Waals surface area (Å²) in [6.45, 7) is 4.49. The summed E-state index contributed by atoms with van der Waals surface area (Å²) in [5, 5.41) is 13.3. The van der Waals surface area contributed by atoms with Gasteiger partial charge in [-0.15, -0.1) is 0 Å². The van der Waals surface area contributed by atoms with E-state index in [9.17, 15) is 14.9 Å². The average molecular weight is 301 g/mol. The molecule has 92 valence electrons. The number of halogens is 1. The van der Waals surface area contributed by atoms with Gasteiger partial charge in [0, 0.05) is 23.2 Å². The molecule has 0 aliphatic rings. The van der Waals surface area contributed by atoms with Crippen LogP contribution < -0.4 is 5.32 Å². The molecular weight excluding hydrogens is 288 g/mol. The molecule has 1 amide bonds. The van der Waals surface area contributed by atoms with Crippen molar-refractivity contribution in [2.75, 3.05) is 6.54 Å². The average Bonchev–Trinajstić information content (AvgIpc) is 2.26. The highest BCUT2D eigenvalue weighted by Crippen LogP contribution is 2.22. The second-order valence-electron chi connectivity index (χ2n) is 4.03. The highest BCUT2D eigenvalue weighted by molar-refractivity contribution is 9.10. The predicted octanol–water partition coefficient (Wildman–Crippen LogP) is 2.74. The third kappa shape index (κ3) is 3.81. The minimum Gasteiger partial charge on any atom is -0.352 e. The predicted molar refractivity (Wildman–Crippen MR) is 68.0 cm³/mol. The standard InChI is InChI=1S/C11H13BrN2O3/c1-7(2)6-13-11(15)9-5-8(14(16)17)3-4-10(9)12/h3-5,7H,6H2,1-2H3,(H,13,15). The minimum atomic E-state index is -0.522. The van der Waals surface area contributed by atoms with Crippen LogP contribution >= 0.6 is 15.9 Å². The maximum Gasteiger partial charge on any atom is 0.270 e. The number of carbonyl (C=O) groups excluding carboxylic acids is 1. The largest absolute Gasteiger partial charge is 0.352 e. The second-order valence-corrected chi connectivity index (χ2v) is 4.88. The Balaban J connectivity index is 2.92. The van der Waals surface area contributed by atoms with E-state index in [1.54, 1.807) is 0 Å². The van der Waals surface area contributed by atoms with Crippen molar-refractivity contribution >= 4 is 27.5 Å². The van der Waals surface area contributed by atoms with Crippen LogP contribution in [0.2, 0.25) is 0 Å².